The number of hydrogen-bond donors (Lipinski definition) is 2. The third-order valence-corrected chi connectivity index (χ3v) is 11.0. The molecular formula is C52H88N2NiO2. The van der Waals surface area contributed by atoms with E-state index in [-0.39, 0.29) is 16.5 Å². The van der Waals surface area contributed by atoms with Gasteiger partial charge in [-0.1, -0.05) is 120 Å². The second kappa shape index (κ2) is 34.8. The molecule has 0 saturated carbocycles. The smallest absolute Gasteiger partial charge is 0.210 e. The first-order chi connectivity index (χ1) is 27.3. The first kappa shape index (κ1) is 54.9. The van der Waals surface area contributed by atoms with Gasteiger partial charge in [-0.3, -0.25) is 0 Å². The molecule has 1 aliphatic heterocycles. The minimum absolute atomic E-state index is 0. The van der Waals surface area contributed by atoms with Crippen LogP contribution in [0.2, 0.25) is 0 Å². The minimum atomic E-state index is 0. The Morgan fingerprint density at radius 2 is 0.754 bits per heavy atom. The Bertz CT molecular complexity index is 1360. The van der Waals surface area contributed by atoms with Crippen LogP contribution < -0.4 is 0 Å². The van der Waals surface area contributed by atoms with E-state index in [0.29, 0.717) is 13.2 Å². The summed E-state index contributed by atoms with van der Waals surface area (Å²) in [6.45, 7) is 20.6. The Kier molecular flexibility index (Phi) is 33.5. The molecule has 2 N–H and O–H groups in total. The molecule has 0 saturated heterocycles. The Morgan fingerprint density at radius 1 is 0.421 bits per heavy atom. The van der Waals surface area contributed by atoms with Crippen molar-refractivity contribution in [3.05, 3.63) is 86.0 Å². The van der Waals surface area contributed by atoms with E-state index in [9.17, 15) is 5.53 Å². The van der Waals surface area contributed by atoms with Crippen LogP contribution in [-0.2, 0) is 55.0 Å². The van der Waals surface area contributed by atoms with Crippen LogP contribution in [0.3, 0.4) is 0 Å². The summed E-state index contributed by atoms with van der Waals surface area (Å²) in [7, 11) is 0. The maximum absolute atomic E-state index is 12.3. The number of rotatable bonds is 27. The normalized spacial score (nSPS) is 12.2. The summed E-state index contributed by atoms with van der Waals surface area (Å²) >= 11 is 0. The predicted octanol–water partition coefficient (Wildman–Crippen LogP) is 15.3. The van der Waals surface area contributed by atoms with Crippen molar-refractivity contribution in [1.29, 1.82) is 0 Å². The van der Waals surface area contributed by atoms with Crippen molar-refractivity contribution >= 4 is 11.4 Å². The summed E-state index contributed by atoms with van der Waals surface area (Å²) in [5, 5.41) is 15.8. The number of hydrogen-bond acceptors (Lipinski definition) is 2. The molecule has 0 amide bonds. The van der Waals surface area contributed by atoms with Crippen LogP contribution in [0.5, 0.6) is 0 Å². The Labute approximate surface area is 363 Å². The molecule has 1 aliphatic rings. The number of aliphatic hydroxyl groups excluding tert-OH is 2. The third-order valence-electron chi connectivity index (χ3n) is 11.0. The molecule has 0 radical (unpaired) electrons. The fraction of sp³-hybridized carbons (Fsp3) is 0.692. The Morgan fingerprint density at radius 3 is 1.09 bits per heavy atom. The van der Waals surface area contributed by atoms with Crippen LogP contribution in [0.25, 0.3) is 16.9 Å². The van der Waals surface area contributed by atoms with Crippen molar-refractivity contribution < 1.29 is 31.4 Å². The standard InChI is InChI=1S/C46H72N2.2C3H8O.Ni/c1-8-15-22-23-28-40-35-45(41-31-36(24-16-9-2)43(29-20-13-6)37(32-41)25-17-10-3)48(47)46(40)42-33-38(26-18-11-4)44(30-21-14-7)39(34-42)27-19-12-5;2*1-2-3-4;/h31-35H,8-30H2,1-7H3;2*4H,2-3H2,1H3;. The van der Waals surface area contributed by atoms with Gasteiger partial charge in [0.05, 0.1) is 0 Å². The van der Waals surface area contributed by atoms with Gasteiger partial charge >= 0.3 is 0 Å². The van der Waals surface area contributed by atoms with Gasteiger partial charge < -0.3 is 15.7 Å². The zero-order valence-corrected chi connectivity index (χ0v) is 39.6. The fourth-order valence-corrected chi connectivity index (χ4v) is 7.59. The summed E-state index contributed by atoms with van der Waals surface area (Å²) in [6, 6.07) is 9.86. The third kappa shape index (κ3) is 19.7. The number of aryl methyl sites for hydroxylation is 4. The van der Waals surface area contributed by atoms with Gasteiger partial charge in [-0.2, -0.15) is 0 Å². The number of allylic oxidation sites excluding steroid dienone is 2. The average Bonchev–Trinajstić information content (AvgIpc) is 3.55. The largest absolute Gasteiger partial charge is 0.493 e. The first-order valence-corrected chi connectivity index (χ1v) is 23.8. The van der Waals surface area contributed by atoms with Gasteiger partial charge in [0.1, 0.15) is 0 Å². The van der Waals surface area contributed by atoms with E-state index in [0.717, 1.165) is 56.3 Å². The molecule has 4 nitrogen and oxygen atoms in total. The maximum atomic E-state index is 12.3. The van der Waals surface area contributed by atoms with Gasteiger partial charge in [0.15, 0.2) is 0 Å². The van der Waals surface area contributed by atoms with Crippen LogP contribution in [0.4, 0.5) is 0 Å². The van der Waals surface area contributed by atoms with Crippen LogP contribution in [0, 0.1) is 0 Å². The van der Waals surface area contributed by atoms with Crippen LogP contribution in [-0.4, -0.2) is 28.1 Å². The summed E-state index contributed by atoms with van der Waals surface area (Å²) < 4.78 is 1.61. The SMILES string of the molecule is CCCCCCC1=C(c2cc(CCCC)c(CCCC)c(CCCC)c2)[N+](=[N-])C(c2cc(CCCC)c(CCCC)c(CCCC)c2)=C1.CCCO.CCCO.[Ni]. The molecule has 2 aromatic rings. The topological polar surface area (TPSA) is 65.8 Å². The van der Waals surface area contributed by atoms with E-state index in [4.69, 9.17) is 10.2 Å². The molecule has 0 spiro atoms. The van der Waals surface area contributed by atoms with E-state index in [2.05, 4.69) is 78.8 Å². The summed E-state index contributed by atoms with van der Waals surface area (Å²) in [6.07, 6.45) is 31.6. The maximum Gasteiger partial charge on any atom is 0.210 e. The van der Waals surface area contributed by atoms with Crippen molar-refractivity contribution in [3.63, 3.8) is 0 Å². The Balaban J connectivity index is 0.00000317. The molecule has 0 fully saturated rings. The summed E-state index contributed by atoms with van der Waals surface area (Å²) in [4.78, 5) is 0. The summed E-state index contributed by atoms with van der Waals surface area (Å²) in [5.74, 6) is 0. The number of benzene rings is 2. The molecule has 57 heavy (non-hydrogen) atoms. The Hall–Kier alpha value is -2.07. The molecule has 0 bridgehead atoms. The number of unbranched alkanes of at least 4 members (excludes halogenated alkanes) is 9. The molecule has 5 heteroatoms. The van der Waals surface area contributed by atoms with Gasteiger partial charge in [0.25, 0.3) is 0 Å². The molecule has 328 valence electrons. The molecular weight excluding hydrogens is 743 g/mol. The average molecular weight is 832 g/mol. The van der Waals surface area contributed by atoms with E-state index in [1.54, 1.807) is 15.8 Å². The second-order valence-electron chi connectivity index (χ2n) is 16.1. The zero-order valence-electron chi connectivity index (χ0n) is 38.6. The van der Waals surface area contributed by atoms with Crippen molar-refractivity contribution in [2.75, 3.05) is 13.2 Å². The minimum Gasteiger partial charge on any atom is -0.493 e. The van der Waals surface area contributed by atoms with Crippen LogP contribution in [0.15, 0.2) is 35.9 Å². The van der Waals surface area contributed by atoms with Gasteiger partial charge in [-0.05, 0) is 160 Å². The fourth-order valence-electron chi connectivity index (χ4n) is 7.59. The predicted molar refractivity (Wildman–Crippen MR) is 247 cm³/mol. The zero-order chi connectivity index (χ0) is 41.6. The van der Waals surface area contributed by atoms with Crippen molar-refractivity contribution in [2.45, 2.75) is 223 Å². The molecule has 0 unspecified atom stereocenters. The second-order valence-corrected chi connectivity index (χ2v) is 16.1. The molecule has 3 rings (SSSR count). The molecule has 0 aliphatic carbocycles. The molecule has 0 atom stereocenters. The quantitative estimate of drug-likeness (QED) is 0.0535. The van der Waals surface area contributed by atoms with Crippen molar-refractivity contribution in [3.8, 4) is 0 Å². The van der Waals surface area contributed by atoms with Crippen molar-refractivity contribution in [2.24, 2.45) is 0 Å². The van der Waals surface area contributed by atoms with Crippen molar-refractivity contribution in [1.82, 2.24) is 0 Å². The molecule has 0 aromatic heterocycles. The van der Waals surface area contributed by atoms with E-state index in [1.165, 1.54) is 155 Å². The van der Waals surface area contributed by atoms with Gasteiger partial charge in [-0.25, -0.2) is 4.70 Å². The number of aliphatic hydroxyl groups is 2. The number of nitrogens with zero attached hydrogens (tertiary/aromatic N) is 2. The van der Waals surface area contributed by atoms with E-state index < -0.39 is 0 Å². The van der Waals surface area contributed by atoms with Crippen LogP contribution >= 0.6 is 0 Å². The van der Waals surface area contributed by atoms with Gasteiger partial charge in [0.2, 0.25) is 11.4 Å². The van der Waals surface area contributed by atoms with E-state index in [1.807, 2.05) is 13.8 Å². The molecule has 2 aromatic carbocycles. The van der Waals surface area contributed by atoms with Crippen LogP contribution in [0.1, 0.15) is 229 Å². The van der Waals surface area contributed by atoms with E-state index >= 15 is 0 Å². The first-order valence-electron chi connectivity index (χ1n) is 23.8. The van der Waals surface area contributed by atoms with Gasteiger partial charge in [-0.15, -0.1) is 0 Å². The molecule has 1 heterocycles. The van der Waals surface area contributed by atoms with Gasteiger partial charge in [0, 0.05) is 52.5 Å². The summed E-state index contributed by atoms with van der Waals surface area (Å²) in [5.41, 5.74) is 27.4. The monoisotopic (exact) mass is 831 g/mol.